The molecular weight excluding hydrogens is 251 g/mol. The van der Waals surface area contributed by atoms with Crippen LogP contribution in [-0.2, 0) is 0 Å². The molecule has 0 aliphatic carbocycles. The highest BCUT2D eigenvalue weighted by atomic mass is 127. The molecule has 0 spiro atoms. The van der Waals surface area contributed by atoms with Crippen molar-refractivity contribution in [2.75, 3.05) is 0 Å². The van der Waals surface area contributed by atoms with Crippen LogP contribution in [0.2, 0.25) is 0 Å². The Balaban J connectivity index is 2.86. The van der Waals surface area contributed by atoms with E-state index >= 15 is 0 Å². The van der Waals surface area contributed by atoms with Gasteiger partial charge in [-0.05, 0) is 47.2 Å². The highest BCUT2D eigenvalue weighted by Crippen LogP contribution is 2.23. The van der Waals surface area contributed by atoms with Crippen LogP contribution in [0.5, 0.6) is 0 Å². The maximum absolute atomic E-state index is 5.32. The average Bonchev–Trinajstić information content (AvgIpc) is 2.32. The molecule has 11 heavy (non-hydrogen) atoms. The first kappa shape index (κ1) is 7.16. The fraction of sp³-hybridized carbons (Fsp3) is 0.111. The van der Waals surface area contributed by atoms with Gasteiger partial charge < -0.3 is 4.42 Å². The fourth-order valence-corrected chi connectivity index (χ4v) is 1.68. The molecule has 0 fully saturated rings. The predicted octanol–water partition coefficient (Wildman–Crippen LogP) is 3.35. The summed E-state index contributed by atoms with van der Waals surface area (Å²) in [5.41, 5.74) is 2.22. The smallest absolute Gasteiger partial charge is 0.135 e. The Morgan fingerprint density at radius 3 is 3.00 bits per heavy atom. The molecule has 1 heterocycles. The van der Waals surface area contributed by atoms with E-state index in [-0.39, 0.29) is 0 Å². The fourth-order valence-electron chi connectivity index (χ4n) is 1.10. The van der Waals surface area contributed by atoms with Crippen molar-refractivity contribution in [2.24, 2.45) is 0 Å². The van der Waals surface area contributed by atoms with Crippen LogP contribution in [0.4, 0.5) is 0 Å². The molecule has 1 aromatic carbocycles. The summed E-state index contributed by atoms with van der Waals surface area (Å²) in [4.78, 5) is 0. The van der Waals surface area contributed by atoms with E-state index in [9.17, 15) is 0 Å². The van der Waals surface area contributed by atoms with Crippen molar-refractivity contribution in [3.05, 3.63) is 33.6 Å². The minimum atomic E-state index is 0.981. The number of hydrogen-bond acceptors (Lipinski definition) is 1. The van der Waals surface area contributed by atoms with Gasteiger partial charge in [-0.15, -0.1) is 0 Å². The molecule has 1 nitrogen and oxygen atoms in total. The molecule has 1 aromatic heterocycles. The Bertz CT molecular complexity index is 389. The van der Waals surface area contributed by atoms with Gasteiger partial charge in [0.2, 0.25) is 0 Å². The maximum atomic E-state index is 5.32. The van der Waals surface area contributed by atoms with Gasteiger partial charge in [0, 0.05) is 5.39 Å². The van der Waals surface area contributed by atoms with Gasteiger partial charge in [0.05, 0.1) is 3.57 Å². The summed E-state index contributed by atoms with van der Waals surface area (Å²) in [5, 5.41) is 1.20. The van der Waals surface area contributed by atoms with Crippen LogP contribution in [0.25, 0.3) is 11.0 Å². The summed E-state index contributed by atoms with van der Waals surface area (Å²) in [6.45, 7) is 2.06. The molecule has 2 heteroatoms. The zero-order chi connectivity index (χ0) is 7.84. The third-order valence-electron chi connectivity index (χ3n) is 1.68. The standard InChI is InChI=1S/C9H7IO/c1-6-2-3-7-8(10)5-11-9(7)4-6/h2-5H,1H3. The molecule has 0 aliphatic rings. The van der Waals surface area contributed by atoms with Crippen molar-refractivity contribution in [3.8, 4) is 0 Å². The van der Waals surface area contributed by atoms with E-state index in [4.69, 9.17) is 4.42 Å². The zero-order valence-corrected chi connectivity index (χ0v) is 8.25. The SMILES string of the molecule is Cc1ccc2c(I)coc2c1. The van der Waals surface area contributed by atoms with Gasteiger partial charge in [0.25, 0.3) is 0 Å². The number of benzene rings is 1. The number of halogens is 1. The molecular formula is C9H7IO. The maximum Gasteiger partial charge on any atom is 0.135 e. The molecule has 0 saturated heterocycles. The largest absolute Gasteiger partial charge is 0.463 e. The zero-order valence-electron chi connectivity index (χ0n) is 6.10. The molecule has 2 aromatic rings. The average molecular weight is 258 g/mol. The van der Waals surface area contributed by atoms with Crippen molar-refractivity contribution in [1.29, 1.82) is 0 Å². The highest BCUT2D eigenvalue weighted by Gasteiger charge is 2.00. The summed E-state index contributed by atoms with van der Waals surface area (Å²) < 4.78 is 6.50. The first-order valence-corrected chi connectivity index (χ1v) is 4.48. The Labute approximate surface area is 78.5 Å². The second kappa shape index (κ2) is 2.52. The molecule has 0 saturated carbocycles. The molecule has 0 radical (unpaired) electrons. The summed E-state index contributed by atoms with van der Waals surface area (Å²) in [6.07, 6.45) is 1.78. The molecule has 2 rings (SSSR count). The highest BCUT2D eigenvalue weighted by molar-refractivity contribution is 14.1. The Hall–Kier alpha value is -0.510. The minimum Gasteiger partial charge on any atom is -0.463 e. The molecule has 0 aliphatic heterocycles. The first-order chi connectivity index (χ1) is 5.27. The van der Waals surface area contributed by atoms with E-state index < -0.39 is 0 Å². The van der Waals surface area contributed by atoms with Crippen molar-refractivity contribution in [1.82, 2.24) is 0 Å². The summed E-state index contributed by atoms with van der Waals surface area (Å²) in [7, 11) is 0. The lowest BCUT2D eigenvalue weighted by Crippen LogP contribution is -1.70. The van der Waals surface area contributed by atoms with E-state index in [1.54, 1.807) is 6.26 Å². The Morgan fingerprint density at radius 2 is 2.18 bits per heavy atom. The van der Waals surface area contributed by atoms with Crippen LogP contribution in [0.15, 0.2) is 28.9 Å². The summed E-state index contributed by atoms with van der Waals surface area (Å²) >= 11 is 2.27. The van der Waals surface area contributed by atoms with E-state index in [1.165, 1.54) is 14.5 Å². The van der Waals surface area contributed by atoms with Crippen LogP contribution in [0.1, 0.15) is 5.56 Å². The normalized spacial score (nSPS) is 10.7. The van der Waals surface area contributed by atoms with Crippen LogP contribution in [0, 0.1) is 10.5 Å². The van der Waals surface area contributed by atoms with Crippen LogP contribution < -0.4 is 0 Å². The lowest BCUT2D eigenvalue weighted by atomic mass is 10.2. The third-order valence-corrected chi connectivity index (χ3v) is 2.52. The lowest BCUT2D eigenvalue weighted by molar-refractivity contribution is 0.613. The minimum absolute atomic E-state index is 0.981. The van der Waals surface area contributed by atoms with Gasteiger partial charge in [0.1, 0.15) is 11.8 Å². The van der Waals surface area contributed by atoms with E-state index in [0.29, 0.717) is 0 Å². The predicted molar refractivity (Wildman–Crippen MR) is 53.7 cm³/mol. The van der Waals surface area contributed by atoms with Crippen LogP contribution in [0.3, 0.4) is 0 Å². The monoisotopic (exact) mass is 258 g/mol. The number of furan rings is 1. The number of aryl methyl sites for hydroxylation is 1. The van der Waals surface area contributed by atoms with Gasteiger partial charge in [-0.2, -0.15) is 0 Å². The molecule has 0 N–H and O–H groups in total. The first-order valence-electron chi connectivity index (χ1n) is 3.41. The second-order valence-electron chi connectivity index (χ2n) is 2.58. The van der Waals surface area contributed by atoms with Crippen LogP contribution in [-0.4, -0.2) is 0 Å². The van der Waals surface area contributed by atoms with Gasteiger partial charge in [0.15, 0.2) is 0 Å². The summed E-state index contributed by atoms with van der Waals surface area (Å²) in [5.74, 6) is 0. The number of hydrogen-bond donors (Lipinski definition) is 0. The van der Waals surface area contributed by atoms with E-state index in [0.717, 1.165) is 5.58 Å². The van der Waals surface area contributed by atoms with Crippen molar-refractivity contribution < 1.29 is 4.42 Å². The molecule has 0 amide bonds. The van der Waals surface area contributed by atoms with Gasteiger partial charge in [-0.25, -0.2) is 0 Å². The molecule has 56 valence electrons. The van der Waals surface area contributed by atoms with Crippen molar-refractivity contribution >= 4 is 33.6 Å². The second-order valence-corrected chi connectivity index (χ2v) is 3.75. The molecule has 0 unspecified atom stereocenters. The Morgan fingerprint density at radius 1 is 1.36 bits per heavy atom. The van der Waals surface area contributed by atoms with Gasteiger partial charge in [-0.1, -0.05) is 6.07 Å². The number of rotatable bonds is 0. The molecule has 0 bridgehead atoms. The third kappa shape index (κ3) is 1.15. The Kier molecular flexibility index (Phi) is 1.64. The molecule has 0 atom stereocenters. The lowest BCUT2D eigenvalue weighted by Gasteiger charge is -1.90. The topological polar surface area (TPSA) is 13.1 Å². The van der Waals surface area contributed by atoms with E-state index in [2.05, 4.69) is 47.7 Å². The van der Waals surface area contributed by atoms with Crippen molar-refractivity contribution in [2.45, 2.75) is 6.92 Å². The quantitative estimate of drug-likeness (QED) is 0.660. The van der Waals surface area contributed by atoms with E-state index in [1.807, 2.05) is 0 Å². The van der Waals surface area contributed by atoms with Crippen molar-refractivity contribution in [3.63, 3.8) is 0 Å². The van der Waals surface area contributed by atoms with Crippen LogP contribution >= 0.6 is 22.6 Å². The summed E-state index contributed by atoms with van der Waals surface area (Å²) in [6, 6.07) is 6.24. The van der Waals surface area contributed by atoms with Gasteiger partial charge >= 0.3 is 0 Å². The number of fused-ring (bicyclic) bond motifs is 1. The van der Waals surface area contributed by atoms with Gasteiger partial charge in [-0.3, -0.25) is 0 Å².